The molecule has 0 atom stereocenters. The molecule has 0 saturated heterocycles. The maximum absolute atomic E-state index is 2.37. The minimum absolute atomic E-state index is 1.19. The molecule has 0 nitrogen and oxygen atoms in total. The predicted molar refractivity (Wildman–Crippen MR) is 233 cm³/mol. The number of hydrogen-bond donors (Lipinski definition) is 0. The average molecular weight is 719 g/mol. The summed E-state index contributed by atoms with van der Waals surface area (Å²) in [6.07, 6.45) is 18.6. The average Bonchev–Trinajstić information content (AvgIpc) is 3.89. The summed E-state index contributed by atoms with van der Waals surface area (Å²) in [6.45, 7) is 4.57. The van der Waals surface area contributed by atoms with E-state index < -0.39 is 0 Å². The molecule has 5 aromatic carbocycles. The molecule has 266 valence electrons. The van der Waals surface area contributed by atoms with Gasteiger partial charge in [0.1, 0.15) is 0 Å². The van der Waals surface area contributed by atoms with Crippen LogP contribution in [0, 0.1) is 0 Å². The number of thiophene rings is 2. The molecule has 0 saturated carbocycles. The first-order valence-corrected chi connectivity index (χ1v) is 21.7. The summed E-state index contributed by atoms with van der Waals surface area (Å²) in [7, 11) is 0. The second-order valence-corrected chi connectivity index (χ2v) is 16.9. The molecule has 2 heterocycles. The van der Waals surface area contributed by atoms with Crippen LogP contribution in [0.2, 0.25) is 0 Å². The van der Waals surface area contributed by atoms with E-state index in [1.807, 2.05) is 22.7 Å². The van der Waals surface area contributed by atoms with Crippen LogP contribution in [-0.2, 0) is 12.8 Å². The van der Waals surface area contributed by atoms with Gasteiger partial charge in [0.15, 0.2) is 0 Å². The van der Waals surface area contributed by atoms with Crippen molar-refractivity contribution < 1.29 is 0 Å². The number of unbranched alkanes of at least 4 members (excludes halogenated alkanes) is 10. The maximum Gasteiger partial charge on any atom is 0.0349 e. The summed E-state index contributed by atoms with van der Waals surface area (Å²) in [4.78, 5) is 5.32. The van der Waals surface area contributed by atoms with Gasteiger partial charge in [-0.1, -0.05) is 151 Å². The van der Waals surface area contributed by atoms with Crippen LogP contribution in [0.15, 0.2) is 121 Å². The minimum Gasteiger partial charge on any atom is -0.135 e. The first-order valence-electron chi connectivity index (χ1n) is 20.0. The third-order valence-electron chi connectivity index (χ3n) is 10.7. The fourth-order valence-corrected chi connectivity index (χ4v) is 9.51. The van der Waals surface area contributed by atoms with E-state index in [4.69, 9.17) is 0 Å². The van der Waals surface area contributed by atoms with Crippen LogP contribution in [0.4, 0.5) is 0 Å². The molecule has 0 aliphatic carbocycles. The molecule has 0 radical (unpaired) electrons. The number of rotatable bonds is 18. The molecule has 52 heavy (non-hydrogen) atoms. The molecule has 2 aromatic heterocycles. The van der Waals surface area contributed by atoms with E-state index in [1.54, 1.807) is 0 Å². The number of benzene rings is 5. The first-order chi connectivity index (χ1) is 25.7. The van der Waals surface area contributed by atoms with Crippen LogP contribution in [0.25, 0.3) is 63.3 Å². The molecule has 0 spiro atoms. The number of aryl methyl sites for hydroxylation is 2. The summed E-state index contributed by atoms with van der Waals surface area (Å²) in [5.41, 5.74) is 8.15. The standard InChI is InChI=1S/C50H54S2/c1-3-5-7-9-11-13-15-37-17-21-39(22-18-37)47-29-31-49(51-47)43-27-25-41-34-46-36-44(28-26-42(46)33-45(41)35-43)50-32-30-48(52-50)40-23-19-38(20-24-40)16-14-12-10-8-6-4-2/h17-36H,3-16H2,1-2H3. The van der Waals surface area contributed by atoms with Crippen LogP contribution in [0.1, 0.15) is 102 Å². The second kappa shape index (κ2) is 18.2. The molecule has 2 heteroatoms. The molecule has 0 amide bonds. The molecular weight excluding hydrogens is 665 g/mol. The topological polar surface area (TPSA) is 0 Å². The van der Waals surface area contributed by atoms with Crippen LogP contribution >= 0.6 is 22.7 Å². The number of hydrogen-bond acceptors (Lipinski definition) is 2. The van der Waals surface area contributed by atoms with Gasteiger partial charge in [-0.2, -0.15) is 0 Å². The van der Waals surface area contributed by atoms with Gasteiger partial charge in [0.25, 0.3) is 0 Å². The van der Waals surface area contributed by atoms with Gasteiger partial charge in [-0.3, -0.25) is 0 Å². The van der Waals surface area contributed by atoms with Crippen molar-refractivity contribution in [3.8, 4) is 41.8 Å². The Hall–Kier alpha value is -3.98. The first kappa shape index (κ1) is 36.4. The lowest BCUT2D eigenvalue weighted by molar-refractivity contribution is 0.607. The highest BCUT2D eigenvalue weighted by atomic mass is 32.1. The maximum atomic E-state index is 2.37. The Morgan fingerprint density at radius 1 is 0.308 bits per heavy atom. The van der Waals surface area contributed by atoms with E-state index in [0.29, 0.717) is 0 Å². The minimum atomic E-state index is 1.19. The summed E-state index contributed by atoms with van der Waals surface area (Å²) in [6, 6.07) is 46.4. The van der Waals surface area contributed by atoms with Crippen LogP contribution in [0.5, 0.6) is 0 Å². The molecule has 7 aromatic rings. The van der Waals surface area contributed by atoms with Crippen LogP contribution in [-0.4, -0.2) is 0 Å². The highest BCUT2D eigenvalue weighted by Crippen LogP contribution is 2.39. The normalized spacial score (nSPS) is 11.6. The molecule has 0 fully saturated rings. The summed E-state index contributed by atoms with van der Waals surface area (Å²) in [5.74, 6) is 0. The van der Waals surface area contributed by atoms with Gasteiger partial charge < -0.3 is 0 Å². The highest BCUT2D eigenvalue weighted by Gasteiger charge is 2.10. The van der Waals surface area contributed by atoms with Gasteiger partial charge in [-0.05, 0) is 129 Å². The lowest BCUT2D eigenvalue weighted by atomic mass is 9.99. The predicted octanol–water partition coefficient (Wildman–Crippen LogP) is 16.6. The fourth-order valence-electron chi connectivity index (χ4n) is 7.49. The smallest absolute Gasteiger partial charge is 0.0349 e. The Labute approximate surface area is 320 Å². The molecule has 0 N–H and O–H groups in total. The van der Waals surface area contributed by atoms with E-state index in [0.717, 1.165) is 0 Å². The molecule has 7 rings (SSSR count). The van der Waals surface area contributed by atoms with Gasteiger partial charge in [-0.15, -0.1) is 22.7 Å². The van der Waals surface area contributed by atoms with Crippen molar-refractivity contribution in [2.75, 3.05) is 0 Å². The number of fused-ring (bicyclic) bond motifs is 2. The van der Waals surface area contributed by atoms with E-state index in [-0.39, 0.29) is 0 Å². The quantitative estimate of drug-likeness (QED) is 0.0612. The zero-order valence-corrected chi connectivity index (χ0v) is 32.9. The monoisotopic (exact) mass is 718 g/mol. The Morgan fingerprint density at radius 3 is 1.06 bits per heavy atom. The third kappa shape index (κ3) is 9.32. The fraction of sp³-hybridized carbons (Fsp3) is 0.320. The van der Waals surface area contributed by atoms with Crippen molar-refractivity contribution in [1.29, 1.82) is 0 Å². The van der Waals surface area contributed by atoms with Gasteiger partial charge in [0.2, 0.25) is 0 Å². The lowest BCUT2D eigenvalue weighted by Crippen LogP contribution is -1.86. The third-order valence-corrected chi connectivity index (χ3v) is 13.1. The van der Waals surface area contributed by atoms with Crippen molar-refractivity contribution in [2.45, 2.75) is 104 Å². The van der Waals surface area contributed by atoms with E-state index in [9.17, 15) is 0 Å². The Balaban J connectivity index is 0.991. The zero-order valence-electron chi connectivity index (χ0n) is 31.3. The van der Waals surface area contributed by atoms with E-state index >= 15 is 0 Å². The molecule has 0 bridgehead atoms. The van der Waals surface area contributed by atoms with Crippen molar-refractivity contribution >= 4 is 44.2 Å². The van der Waals surface area contributed by atoms with Crippen molar-refractivity contribution in [3.05, 3.63) is 132 Å². The van der Waals surface area contributed by atoms with Gasteiger partial charge >= 0.3 is 0 Å². The Morgan fingerprint density at radius 2 is 0.654 bits per heavy atom. The van der Waals surface area contributed by atoms with Gasteiger partial charge in [0, 0.05) is 19.5 Å². The molecule has 0 aliphatic heterocycles. The molecule has 0 unspecified atom stereocenters. The van der Waals surface area contributed by atoms with Gasteiger partial charge in [-0.25, -0.2) is 0 Å². The van der Waals surface area contributed by atoms with Crippen molar-refractivity contribution in [2.24, 2.45) is 0 Å². The van der Waals surface area contributed by atoms with Crippen LogP contribution < -0.4 is 0 Å². The zero-order chi connectivity index (χ0) is 35.5. The van der Waals surface area contributed by atoms with Crippen LogP contribution in [0.3, 0.4) is 0 Å². The summed E-state index contributed by atoms with van der Waals surface area (Å²) in [5, 5.41) is 5.17. The summed E-state index contributed by atoms with van der Waals surface area (Å²) < 4.78 is 0. The Kier molecular flexibility index (Phi) is 12.7. The summed E-state index contributed by atoms with van der Waals surface area (Å²) >= 11 is 3.79. The lowest BCUT2D eigenvalue weighted by Gasteiger charge is -2.07. The highest BCUT2D eigenvalue weighted by molar-refractivity contribution is 7.19. The Bertz CT molecular complexity index is 2000. The molecule has 0 aliphatic rings. The SMILES string of the molecule is CCCCCCCCc1ccc(-c2ccc(-c3ccc4cc5cc(-c6ccc(-c7ccc(CCCCCCCC)cc7)s6)ccc5cc4c3)s2)cc1. The molecular formula is C50H54S2. The van der Waals surface area contributed by atoms with Crippen molar-refractivity contribution in [3.63, 3.8) is 0 Å². The largest absolute Gasteiger partial charge is 0.135 e. The van der Waals surface area contributed by atoms with E-state index in [1.165, 1.54) is 164 Å². The van der Waals surface area contributed by atoms with E-state index in [2.05, 4.69) is 135 Å². The second-order valence-electron chi connectivity index (χ2n) is 14.7. The van der Waals surface area contributed by atoms with Crippen molar-refractivity contribution in [1.82, 2.24) is 0 Å². The van der Waals surface area contributed by atoms with Gasteiger partial charge in [0.05, 0.1) is 0 Å².